The zero-order chi connectivity index (χ0) is 18.0. The predicted molar refractivity (Wildman–Crippen MR) is 95.9 cm³/mol. The highest BCUT2D eigenvalue weighted by atomic mass is 16.6. The van der Waals surface area contributed by atoms with Crippen LogP contribution in [-0.4, -0.2) is 44.7 Å². The van der Waals surface area contributed by atoms with Crippen LogP contribution in [0.25, 0.3) is 11.3 Å². The summed E-state index contributed by atoms with van der Waals surface area (Å²) >= 11 is 0. The first-order chi connectivity index (χ1) is 11.8. The summed E-state index contributed by atoms with van der Waals surface area (Å²) in [5.74, 6) is 0. The molecule has 1 aromatic carbocycles. The minimum Gasteiger partial charge on any atom is -0.444 e. The van der Waals surface area contributed by atoms with Crippen molar-refractivity contribution >= 4 is 11.8 Å². The van der Waals surface area contributed by atoms with Gasteiger partial charge in [-0.25, -0.2) is 4.79 Å². The van der Waals surface area contributed by atoms with Crippen LogP contribution in [0.15, 0.2) is 30.5 Å². The number of carbonyl (C=O) groups is 1. The molecule has 7 heteroatoms. The van der Waals surface area contributed by atoms with Gasteiger partial charge in [0.05, 0.1) is 12.2 Å². The molecule has 0 radical (unpaired) electrons. The van der Waals surface area contributed by atoms with Gasteiger partial charge >= 0.3 is 6.09 Å². The number of ether oxygens (including phenoxy) is 1. The SMILES string of the molecule is CC(C)(C)OC(=O)N1CCC(n2ncc(-c3ccccc3N)n2)CC1. The zero-order valence-corrected chi connectivity index (χ0v) is 15.0. The molecule has 2 N–H and O–H groups in total. The smallest absolute Gasteiger partial charge is 0.410 e. The number of aromatic nitrogens is 3. The summed E-state index contributed by atoms with van der Waals surface area (Å²) in [6, 6.07) is 7.81. The first-order valence-corrected chi connectivity index (χ1v) is 8.58. The fourth-order valence-electron chi connectivity index (χ4n) is 2.91. The molecule has 1 aromatic heterocycles. The molecule has 0 unspecified atom stereocenters. The molecule has 134 valence electrons. The van der Waals surface area contributed by atoms with Crippen LogP contribution >= 0.6 is 0 Å². The summed E-state index contributed by atoms with van der Waals surface area (Å²) in [7, 11) is 0. The average molecular weight is 343 g/mol. The van der Waals surface area contributed by atoms with Gasteiger partial charge in [-0.1, -0.05) is 18.2 Å². The summed E-state index contributed by atoms with van der Waals surface area (Å²) < 4.78 is 5.43. The largest absolute Gasteiger partial charge is 0.444 e. The van der Waals surface area contributed by atoms with E-state index < -0.39 is 5.60 Å². The molecule has 0 aliphatic carbocycles. The number of rotatable bonds is 2. The Hall–Kier alpha value is -2.57. The summed E-state index contributed by atoms with van der Waals surface area (Å²) in [6.07, 6.45) is 3.10. The first kappa shape index (κ1) is 17.3. The van der Waals surface area contributed by atoms with Crippen molar-refractivity contribution in [2.45, 2.75) is 45.3 Å². The maximum atomic E-state index is 12.1. The quantitative estimate of drug-likeness (QED) is 0.847. The molecular weight excluding hydrogens is 318 g/mol. The predicted octanol–water partition coefficient (Wildman–Crippen LogP) is 3.10. The van der Waals surface area contributed by atoms with Crippen LogP contribution in [0.2, 0.25) is 0 Å². The third-order valence-corrected chi connectivity index (χ3v) is 4.19. The van der Waals surface area contributed by atoms with E-state index in [0.717, 1.165) is 24.1 Å². The Balaban J connectivity index is 1.63. The lowest BCUT2D eigenvalue weighted by Crippen LogP contribution is -2.42. The maximum absolute atomic E-state index is 12.1. The van der Waals surface area contributed by atoms with E-state index in [1.807, 2.05) is 45.0 Å². The van der Waals surface area contributed by atoms with Crippen molar-refractivity contribution in [1.29, 1.82) is 0 Å². The van der Waals surface area contributed by atoms with E-state index in [2.05, 4.69) is 10.2 Å². The normalized spacial score (nSPS) is 16.0. The van der Waals surface area contributed by atoms with E-state index in [1.165, 1.54) is 0 Å². The lowest BCUT2D eigenvalue weighted by atomic mass is 10.1. The number of hydrogen-bond acceptors (Lipinski definition) is 5. The monoisotopic (exact) mass is 343 g/mol. The van der Waals surface area contributed by atoms with Crippen molar-refractivity contribution in [1.82, 2.24) is 19.9 Å². The molecule has 1 amide bonds. The van der Waals surface area contributed by atoms with Gasteiger partial charge < -0.3 is 15.4 Å². The Labute approximate surface area is 147 Å². The Morgan fingerprint density at radius 1 is 1.24 bits per heavy atom. The van der Waals surface area contributed by atoms with Gasteiger partial charge in [-0.2, -0.15) is 15.0 Å². The van der Waals surface area contributed by atoms with Crippen molar-refractivity contribution < 1.29 is 9.53 Å². The van der Waals surface area contributed by atoms with Crippen molar-refractivity contribution in [2.24, 2.45) is 0 Å². The van der Waals surface area contributed by atoms with Gasteiger partial charge in [-0.3, -0.25) is 0 Å². The third-order valence-electron chi connectivity index (χ3n) is 4.19. The number of benzene rings is 1. The Morgan fingerprint density at radius 2 is 1.92 bits per heavy atom. The van der Waals surface area contributed by atoms with Crippen LogP contribution in [0.5, 0.6) is 0 Å². The molecule has 1 aliphatic rings. The topological polar surface area (TPSA) is 86.3 Å². The van der Waals surface area contributed by atoms with Crippen LogP contribution in [0.4, 0.5) is 10.5 Å². The van der Waals surface area contributed by atoms with E-state index in [0.29, 0.717) is 18.8 Å². The standard InChI is InChI=1S/C18H25N5O2/c1-18(2,3)25-17(24)22-10-8-13(9-11-22)23-20-12-16(21-23)14-6-4-5-7-15(14)19/h4-7,12-13H,8-11,19H2,1-3H3. The number of nitrogens with two attached hydrogens (primary N) is 1. The lowest BCUT2D eigenvalue weighted by Gasteiger charge is -2.33. The van der Waals surface area contributed by atoms with E-state index in [1.54, 1.807) is 15.9 Å². The second-order valence-corrected chi connectivity index (χ2v) is 7.34. The molecule has 25 heavy (non-hydrogen) atoms. The maximum Gasteiger partial charge on any atom is 0.410 e. The highest BCUT2D eigenvalue weighted by Gasteiger charge is 2.28. The number of amides is 1. The number of nitrogen functional groups attached to an aromatic ring is 1. The van der Waals surface area contributed by atoms with Gasteiger partial charge in [-0.15, -0.1) is 0 Å². The van der Waals surface area contributed by atoms with Crippen LogP contribution in [0.3, 0.4) is 0 Å². The molecule has 0 saturated carbocycles. The molecule has 3 rings (SSSR count). The fourth-order valence-corrected chi connectivity index (χ4v) is 2.91. The minimum atomic E-state index is -0.470. The number of anilines is 1. The molecule has 1 fully saturated rings. The molecule has 2 aromatic rings. The van der Waals surface area contributed by atoms with E-state index in [4.69, 9.17) is 10.5 Å². The molecule has 0 atom stereocenters. The first-order valence-electron chi connectivity index (χ1n) is 8.58. The number of nitrogens with zero attached hydrogens (tertiary/aromatic N) is 4. The molecule has 0 spiro atoms. The van der Waals surface area contributed by atoms with E-state index in [9.17, 15) is 4.79 Å². The van der Waals surface area contributed by atoms with E-state index >= 15 is 0 Å². The van der Waals surface area contributed by atoms with Crippen LogP contribution in [-0.2, 0) is 4.74 Å². The number of hydrogen-bond donors (Lipinski definition) is 1. The number of carbonyl (C=O) groups excluding carboxylic acids is 1. The summed E-state index contributed by atoms with van der Waals surface area (Å²) in [5.41, 5.74) is 7.89. The Bertz CT molecular complexity index is 742. The second-order valence-electron chi connectivity index (χ2n) is 7.34. The van der Waals surface area contributed by atoms with Crippen LogP contribution in [0, 0.1) is 0 Å². The molecule has 1 aliphatic heterocycles. The summed E-state index contributed by atoms with van der Waals surface area (Å²) in [5, 5.41) is 8.99. The fraction of sp³-hybridized carbons (Fsp3) is 0.500. The second kappa shape index (κ2) is 6.74. The van der Waals surface area contributed by atoms with Crippen molar-refractivity contribution in [2.75, 3.05) is 18.8 Å². The Morgan fingerprint density at radius 3 is 2.56 bits per heavy atom. The van der Waals surface area contributed by atoms with Crippen molar-refractivity contribution in [3.63, 3.8) is 0 Å². The van der Waals surface area contributed by atoms with E-state index in [-0.39, 0.29) is 12.1 Å². The van der Waals surface area contributed by atoms with Gasteiger partial charge in [0, 0.05) is 24.3 Å². The number of piperidine rings is 1. The van der Waals surface area contributed by atoms with Crippen LogP contribution in [0.1, 0.15) is 39.7 Å². The third kappa shape index (κ3) is 4.10. The van der Waals surface area contributed by atoms with Gasteiger partial charge in [0.15, 0.2) is 0 Å². The van der Waals surface area contributed by atoms with Crippen molar-refractivity contribution in [3.8, 4) is 11.3 Å². The van der Waals surface area contributed by atoms with Crippen molar-refractivity contribution in [3.05, 3.63) is 30.5 Å². The molecule has 1 saturated heterocycles. The number of para-hydroxylation sites is 1. The minimum absolute atomic E-state index is 0.178. The zero-order valence-electron chi connectivity index (χ0n) is 15.0. The van der Waals surface area contributed by atoms with Gasteiger partial charge in [-0.05, 0) is 39.7 Å². The summed E-state index contributed by atoms with van der Waals surface area (Å²) in [6.45, 7) is 6.92. The van der Waals surface area contributed by atoms with Gasteiger partial charge in [0.25, 0.3) is 0 Å². The van der Waals surface area contributed by atoms with Gasteiger partial charge in [0.1, 0.15) is 11.3 Å². The van der Waals surface area contributed by atoms with Crippen LogP contribution < -0.4 is 5.73 Å². The highest BCUT2D eigenvalue weighted by molar-refractivity contribution is 5.72. The highest BCUT2D eigenvalue weighted by Crippen LogP contribution is 2.26. The number of likely N-dealkylation sites (tertiary alicyclic amines) is 1. The summed E-state index contributed by atoms with van der Waals surface area (Å²) in [4.78, 5) is 15.6. The molecule has 7 nitrogen and oxygen atoms in total. The lowest BCUT2D eigenvalue weighted by molar-refractivity contribution is 0.0180. The Kier molecular flexibility index (Phi) is 4.65. The molecule has 2 heterocycles. The molecular formula is C18H25N5O2. The average Bonchev–Trinajstić information content (AvgIpc) is 3.03. The van der Waals surface area contributed by atoms with Gasteiger partial charge in [0.2, 0.25) is 0 Å². The molecule has 0 bridgehead atoms.